The van der Waals surface area contributed by atoms with Crippen LogP contribution < -0.4 is 0 Å². The monoisotopic (exact) mass is 666 g/mol. The first-order chi connectivity index (χ1) is 25.8. The van der Waals surface area contributed by atoms with Gasteiger partial charge in [0.15, 0.2) is 5.82 Å². The molecule has 0 amide bonds. The van der Waals surface area contributed by atoms with Crippen LogP contribution in [0.1, 0.15) is 11.3 Å². The Morgan fingerprint density at radius 2 is 0.865 bits per heavy atom. The molecule has 52 heavy (non-hydrogen) atoms. The molecule has 0 radical (unpaired) electrons. The van der Waals surface area contributed by atoms with Gasteiger partial charge in [0.1, 0.15) is 0 Å². The van der Waals surface area contributed by atoms with E-state index in [1.807, 2.05) is 0 Å². The predicted octanol–water partition coefficient (Wildman–Crippen LogP) is 10.8. The van der Waals surface area contributed by atoms with Crippen LogP contribution in [0.25, 0.3) is 89.6 Å². The van der Waals surface area contributed by atoms with E-state index in [1.54, 1.807) is 0 Å². The second-order valence-electron chi connectivity index (χ2n) is 13.3. The van der Waals surface area contributed by atoms with Crippen LogP contribution >= 0.6 is 0 Å². The first-order valence-corrected chi connectivity index (χ1v) is 17.6. The molecule has 0 saturated carbocycles. The molecule has 0 spiro atoms. The Bertz CT molecular complexity index is 2990. The van der Waals surface area contributed by atoms with E-state index in [0.717, 1.165) is 50.7 Å². The van der Waals surface area contributed by atoms with Crippen LogP contribution in [0.2, 0.25) is 0 Å². The lowest BCUT2D eigenvalue weighted by molar-refractivity contribution is 0.875. The van der Waals surface area contributed by atoms with Gasteiger partial charge in [0.05, 0.1) is 33.3 Å². The molecular formula is C46H30N6. The van der Waals surface area contributed by atoms with Crippen molar-refractivity contribution in [2.75, 3.05) is 0 Å². The van der Waals surface area contributed by atoms with Crippen molar-refractivity contribution >= 4 is 60.6 Å². The molecule has 0 saturated heterocycles. The molecular weight excluding hydrogens is 637 g/mol. The van der Waals surface area contributed by atoms with Gasteiger partial charge in [-0.05, 0) is 72.7 Å². The molecule has 0 fully saturated rings. The van der Waals surface area contributed by atoms with Crippen LogP contribution in [0.3, 0.4) is 0 Å². The average molecular weight is 667 g/mol. The maximum atomic E-state index is 5.30. The highest BCUT2D eigenvalue weighted by Crippen LogP contribution is 2.36. The highest BCUT2D eigenvalue weighted by molar-refractivity contribution is 6.10. The zero-order valence-corrected chi connectivity index (χ0v) is 28.1. The molecule has 1 aliphatic rings. The Labute approximate surface area is 298 Å². The Balaban J connectivity index is 1.16. The fourth-order valence-corrected chi connectivity index (χ4v) is 8.12. The summed E-state index contributed by atoms with van der Waals surface area (Å²) in [5.41, 5.74) is 9.86. The summed E-state index contributed by atoms with van der Waals surface area (Å²) in [6, 6.07) is 51.3. The summed E-state index contributed by atoms with van der Waals surface area (Å²) in [4.78, 5) is 15.8. The van der Waals surface area contributed by atoms with Gasteiger partial charge in [-0.25, -0.2) is 0 Å². The van der Waals surface area contributed by atoms with Gasteiger partial charge < -0.3 is 4.57 Å². The summed E-state index contributed by atoms with van der Waals surface area (Å²) in [5.74, 6) is 1.77. The molecule has 0 aliphatic heterocycles. The number of benzene rings is 6. The third-order valence-electron chi connectivity index (χ3n) is 10.4. The van der Waals surface area contributed by atoms with E-state index in [9.17, 15) is 0 Å². The summed E-state index contributed by atoms with van der Waals surface area (Å²) in [5, 5.41) is 5.99. The molecule has 0 unspecified atom stereocenters. The standard InChI is InChI=1S/C46H30N6/c1-2-14-34-35-17-6-11-23-41(35)51(40(34)20-3-1)45-47-44(48-46(49-45)52-42-24-12-7-18-36(42)37-19-8-13-25-43(37)52)30-26-28-31(29-27-30)50-38-21-9-4-15-32(38)33-16-5-10-22-39(33)50/h1-13,15-29H,14H2. The van der Waals surface area contributed by atoms with E-state index in [2.05, 4.69) is 184 Å². The minimum absolute atomic E-state index is 0.575. The second-order valence-corrected chi connectivity index (χ2v) is 13.3. The smallest absolute Gasteiger partial charge is 0.240 e. The van der Waals surface area contributed by atoms with Crippen molar-refractivity contribution in [3.05, 3.63) is 175 Å². The molecule has 0 bridgehead atoms. The third kappa shape index (κ3) is 4.21. The molecule has 4 aromatic heterocycles. The summed E-state index contributed by atoms with van der Waals surface area (Å²) in [7, 11) is 0. The summed E-state index contributed by atoms with van der Waals surface area (Å²) in [6.45, 7) is 0. The molecule has 0 N–H and O–H groups in total. The maximum Gasteiger partial charge on any atom is 0.240 e. The fourth-order valence-electron chi connectivity index (χ4n) is 8.12. The number of nitrogens with zero attached hydrogens (tertiary/aromatic N) is 6. The van der Waals surface area contributed by atoms with Crippen LogP contribution in [0.5, 0.6) is 0 Å². The largest absolute Gasteiger partial charge is 0.309 e. The third-order valence-corrected chi connectivity index (χ3v) is 10.4. The van der Waals surface area contributed by atoms with Gasteiger partial charge in [-0.15, -0.1) is 0 Å². The Morgan fingerprint density at radius 3 is 1.42 bits per heavy atom. The first-order valence-electron chi connectivity index (χ1n) is 17.6. The van der Waals surface area contributed by atoms with Gasteiger partial charge in [-0.2, -0.15) is 15.0 Å². The average Bonchev–Trinajstić information content (AvgIpc) is 3.75. The van der Waals surface area contributed by atoms with E-state index >= 15 is 0 Å². The van der Waals surface area contributed by atoms with E-state index < -0.39 is 0 Å². The second kappa shape index (κ2) is 11.2. The van der Waals surface area contributed by atoms with Gasteiger partial charge in [-0.1, -0.05) is 109 Å². The van der Waals surface area contributed by atoms with Crippen molar-refractivity contribution in [2.45, 2.75) is 6.42 Å². The number of hydrogen-bond donors (Lipinski definition) is 0. The molecule has 6 heteroatoms. The zero-order chi connectivity index (χ0) is 34.2. The van der Waals surface area contributed by atoms with Crippen molar-refractivity contribution in [3.8, 4) is 29.0 Å². The molecule has 1 aliphatic carbocycles. The number of allylic oxidation sites excluding steroid dienone is 3. The van der Waals surface area contributed by atoms with Crippen molar-refractivity contribution < 1.29 is 0 Å². The van der Waals surface area contributed by atoms with Crippen LogP contribution in [0.4, 0.5) is 0 Å². The number of aromatic nitrogens is 6. The van der Waals surface area contributed by atoms with Crippen molar-refractivity contribution in [3.63, 3.8) is 0 Å². The van der Waals surface area contributed by atoms with E-state index in [4.69, 9.17) is 15.0 Å². The highest BCUT2D eigenvalue weighted by atomic mass is 15.3. The van der Waals surface area contributed by atoms with Crippen LogP contribution in [-0.4, -0.2) is 28.7 Å². The zero-order valence-electron chi connectivity index (χ0n) is 28.1. The molecule has 6 nitrogen and oxygen atoms in total. The maximum absolute atomic E-state index is 5.30. The SMILES string of the molecule is C1=CCc2c(n(-c3nc(-c4ccc(-n5c6ccccc6c6ccccc65)cc4)nc(-n4c5ccccc5c5ccccc54)n3)c3ccccc23)C=C1. The van der Waals surface area contributed by atoms with Gasteiger partial charge in [0.25, 0.3) is 0 Å². The van der Waals surface area contributed by atoms with E-state index in [-0.39, 0.29) is 0 Å². The predicted molar refractivity (Wildman–Crippen MR) is 213 cm³/mol. The van der Waals surface area contributed by atoms with Gasteiger partial charge >= 0.3 is 0 Å². The quantitative estimate of drug-likeness (QED) is 0.188. The van der Waals surface area contributed by atoms with Gasteiger partial charge in [0, 0.05) is 38.2 Å². The normalized spacial score (nSPS) is 12.8. The molecule has 244 valence electrons. The number of fused-ring (bicyclic) bond motifs is 9. The summed E-state index contributed by atoms with van der Waals surface area (Å²) in [6.07, 6.45) is 9.42. The summed E-state index contributed by atoms with van der Waals surface area (Å²) >= 11 is 0. The van der Waals surface area contributed by atoms with E-state index in [0.29, 0.717) is 17.7 Å². The lowest BCUT2D eigenvalue weighted by Gasteiger charge is -2.14. The van der Waals surface area contributed by atoms with Crippen molar-refractivity contribution in [1.29, 1.82) is 0 Å². The molecule has 11 rings (SSSR count). The van der Waals surface area contributed by atoms with Gasteiger partial charge in [-0.3, -0.25) is 9.13 Å². The van der Waals surface area contributed by atoms with E-state index in [1.165, 1.54) is 32.8 Å². The van der Waals surface area contributed by atoms with Gasteiger partial charge in [0.2, 0.25) is 11.9 Å². The molecule has 6 aromatic carbocycles. The Hall–Kier alpha value is -7.05. The van der Waals surface area contributed by atoms with Crippen LogP contribution in [0, 0.1) is 0 Å². The van der Waals surface area contributed by atoms with Crippen molar-refractivity contribution in [1.82, 2.24) is 28.7 Å². The Kier molecular flexibility index (Phi) is 6.21. The van der Waals surface area contributed by atoms with Crippen LogP contribution in [-0.2, 0) is 6.42 Å². The lowest BCUT2D eigenvalue weighted by atomic mass is 10.1. The number of hydrogen-bond acceptors (Lipinski definition) is 3. The van der Waals surface area contributed by atoms with Crippen LogP contribution in [0.15, 0.2) is 164 Å². The number of para-hydroxylation sites is 5. The first kappa shape index (κ1) is 28.8. The lowest BCUT2D eigenvalue weighted by Crippen LogP contribution is -2.11. The highest BCUT2D eigenvalue weighted by Gasteiger charge is 2.22. The molecule has 0 atom stereocenters. The minimum atomic E-state index is 0.575. The number of rotatable bonds is 4. The van der Waals surface area contributed by atoms with Crippen molar-refractivity contribution in [2.24, 2.45) is 0 Å². The molecule has 4 heterocycles. The summed E-state index contributed by atoms with van der Waals surface area (Å²) < 4.78 is 6.70. The minimum Gasteiger partial charge on any atom is -0.309 e. The fraction of sp³-hybridized carbons (Fsp3) is 0.0217. The topological polar surface area (TPSA) is 53.5 Å². The molecule has 10 aromatic rings. The Morgan fingerprint density at radius 1 is 0.404 bits per heavy atom.